The van der Waals surface area contributed by atoms with Gasteiger partial charge in [-0.1, -0.05) is 48.5 Å². The van der Waals surface area contributed by atoms with E-state index in [1.54, 1.807) is 12.1 Å². The van der Waals surface area contributed by atoms with Crippen LogP contribution >= 0.6 is 0 Å². The summed E-state index contributed by atoms with van der Waals surface area (Å²) < 4.78 is 13.8. The lowest BCUT2D eigenvalue weighted by Gasteiger charge is -2.22. The van der Waals surface area contributed by atoms with Crippen molar-refractivity contribution in [1.29, 1.82) is 0 Å². The molecule has 1 heterocycles. The van der Waals surface area contributed by atoms with Crippen LogP contribution in [0, 0.1) is 5.82 Å². The molecule has 0 radical (unpaired) electrons. The molecule has 0 unspecified atom stereocenters. The maximum absolute atomic E-state index is 13.8. The summed E-state index contributed by atoms with van der Waals surface area (Å²) in [7, 11) is 0. The van der Waals surface area contributed by atoms with Gasteiger partial charge in [-0.15, -0.1) is 0 Å². The van der Waals surface area contributed by atoms with Gasteiger partial charge in [0, 0.05) is 31.7 Å². The average Bonchev–Trinajstić information content (AvgIpc) is 2.81. The molecule has 3 rings (SSSR count). The molecule has 0 aliphatic carbocycles. The summed E-state index contributed by atoms with van der Waals surface area (Å²) in [6.45, 7) is 6.11. The van der Waals surface area contributed by atoms with Crippen LogP contribution in [0.1, 0.15) is 17.5 Å². The molecule has 2 aromatic rings. The predicted molar refractivity (Wildman–Crippen MR) is 92.9 cm³/mol. The molecule has 0 saturated carbocycles. The van der Waals surface area contributed by atoms with Crippen LogP contribution in [-0.4, -0.2) is 42.5 Å². The summed E-state index contributed by atoms with van der Waals surface area (Å²) in [4.78, 5) is 4.91. The van der Waals surface area contributed by atoms with Gasteiger partial charge in [-0.2, -0.15) is 0 Å². The molecular weight excluding hydrogens is 287 g/mol. The number of rotatable bonds is 5. The second-order valence-electron chi connectivity index (χ2n) is 6.30. The zero-order valence-electron chi connectivity index (χ0n) is 13.6. The van der Waals surface area contributed by atoms with E-state index in [9.17, 15) is 4.39 Å². The third-order valence-electron chi connectivity index (χ3n) is 4.59. The first kappa shape index (κ1) is 16.2. The lowest BCUT2D eigenvalue weighted by molar-refractivity contribution is 0.251. The second kappa shape index (κ2) is 8.23. The first-order valence-corrected chi connectivity index (χ1v) is 8.53. The van der Waals surface area contributed by atoms with Gasteiger partial charge in [0.05, 0.1) is 0 Å². The van der Waals surface area contributed by atoms with Crippen LogP contribution in [0.25, 0.3) is 0 Å². The number of nitrogens with zero attached hydrogens (tertiary/aromatic N) is 2. The molecule has 0 bridgehead atoms. The van der Waals surface area contributed by atoms with E-state index in [-0.39, 0.29) is 5.82 Å². The Morgan fingerprint density at radius 3 is 2.30 bits per heavy atom. The quantitative estimate of drug-likeness (QED) is 0.833. The predicted octanol–water partition coefficient (Wildman–Crippen LogP) is 3.58. The minimum Gasteiger partial charge on any atom is -0.302 e. The second-order valence-corrected chi connectivity index (χ2v) is 6.30. The Balaban J connectivity index is 1.48. The molecule has 23 heavy (non-hydrogen) atoms. The van der Waals surface area contributed by atoms with Crippen LogP contribution in [0.2, 0.25) is 0 Å². The van der Waals surface area contributed by atoms with Gasteiger partial charge in [0.25, 0.3) is 0 Å². The van der Waals surface area contributed by atoms with Crippen molar-refractivity contribution >= 4 is 0 Å². The molecule has 1 saturated heterocycles. The average molecular weight is 312 g/mol. The van der Waals surface area contributed by atoms with Gasteiger partial charge in [0.2, 0.25) is 0 Å². The molecular formula is C20H25FN2. The van der Waals surface area contributed by atoms with E-state index in [0.29, 0.717) is 0 Å². The van der Waals surface area contributed by atoms with Gasteiger partial charge in [-0.3, -0.25) is 4.90 Å². The highest BCUT2D eigenvalue weighted by Gasteiger charge is 2.15. The molecule has 2 nitrogen and oxygen atoms in total. The molecule has 122 valence electrons. The topological polar surface area (TPSA) is 6.48 Å². The Hall–Kier alpha value is -1.71. The fraction of sp³-hybridized carbons (Fsp3) is 0.400. The molecule has 0 spiro atoms. The highest BCUT2D eigenvalue weighted by atomic mass is 19.1. The Kier molecular flexibility index (Phi) is 5.78. The normalized spacial score (nSPS) is 17.1. The smallest absolute Gasteiger partial charge is 0.127 e. The summed E-state index contributed by atoms with van der Waals surface area (Å²) in [5.41, 5.74) is 2.21. The monoisotopic (exact) mass is 312 g/mol. The Morgan fingerprint density at radius 2 is 1.48 bits per heavy atom. The highest BCUT2D eigenvalue weighted by Crippen LogP contribution is 2.12. The van der Waals surface area contributed by atoms with Crippen LogP contribution < -0.4 is 0 Å². The summed E-state index contributed by atoms with van der Waals surface area (Å²) in [6, 6.07) is 17.8. The summed E-state index contributed by atoms with van der Waals surface area (Å²) in [5.74, 6) is -0.0855. The maximum Gasteiger partial charge on any atom is 0.127 e. The largest absolute Gasteiger partial charge is 0.302 e. The van der Waals surface area contributed by atoms with Crippen molar-refractivity contribution in [3.05, 3.63) is 71.5 Å². The zero-order chi connectivity index (χ0) is 15.9. The first-order valence-electron chi connectivity index (χ1n) is 8.53. The third-order valence-corrected chi connectivity index (χ3v) is 4.59. The fourth-order valence-corrected chi connectivity index (χ4v) is 3.21. The van der Waals surface area contributed by atoms with Gasteiger partial charge in [-0.25, -0.2) is 4.39 Å². The van der Waals surface area contributed by atoms with Crippen molar-refractivity contribution in [2.75, 3.05) is 32.7 Å². The molecule has 3 heteroatoms. The van der Waals surface area contributed by atoms with Crippen molar-refractivity contribution in [1.82, 2.24) is 9.80 Å². The molecule has 2 aromatic carbocycles. The molecule has 0 amide bonds. The number of halogens is 1. The Bertz CT molecular complexity index is 600. The molecule has 0 N–H and O–H groups in total. The first-order chi connectivity index (χ1) is 11.3. The molecule has 1 fully saturated rings. The Morgan fingerprint density at radius 1 is 0.783 bits per heavy atom. The van der Waals surface area contributed by atoms with Crippen LogP contribution in [-0.2, 0) is 13.0 Å². The number of hydrogen-bond donors (Lipinski definition) is 0. The van der Waals surface area contributed by atoms with Crippen LogP contribution in [0.15, 0.2) is 54.6 Å². The van der Waals surface area contributed by atoms with Gasteiger partial charge in [0.1, 0.15) is 5.82 Å². The Labute approximate surface area is 138 Å². The molecule has 0 atom stereocenters. The summed E-state index contributed by atoms with van der Waals surface area (Å²) in [5, 5.41) is 0. The van der Waals surface area contributed by atoms with E-state index in [0.717, 1.165) is 57.7 Å². The standard InChI is InChI=1S/C20H25FN2/c21-20-10-5-4-9-19(20)17-23-13-6-12-22(15-16-23)14-11-18-7-2-1-3-8-18/h1-5,7-10H,6,11-17H2. The van der Waals surface area contributed by atoms with Gasteiger partial charge in [-0.05, 0) is 37.6 Å². The van der Waals surface area contributed by atoms with Crippen molar-refractivity contribution in [3.8, 4) is 0 Å². The van der Waals surface area contributed by atoms with Crippen LogP contribution in [0.3, 0.4) is 0 Å². The van der Waals surface area contributed by atoms with E-state index in [2.05, 4.69) is 40.1 Å². The molecule has 1 aliphatic rings. The molecule has 0 aromatic heterocycles. The van der Waals surface area contributed by atoms with Crippen molar-refractivity contribution < 1.29 is 4.39 Å². The van der Waals surface area contributed by atoms with E-state index >= 15 is 0 Å². The fourth-order valence-electron chi connectivity index (χ4n) is 3.21. The lowest BCUT2D eigenvalue weighted by atomic mass is 10.1. The minimum atomic E-state index is -0.0855. The zero-order valence-corrected chi connectivity index (χ0v) is 13.6. The van der Waals surface area contributed by atoms with E-state index < -0.39 is 0 Å². The van der Waals surface area contributed by atoms with E-state index in [1.165, 1.54) is 5.56 Å². The molecule has 1 aliphatic heterocycles. The van der Waals surface area contributed by atoms with E-state index in [4.69, 9.17) is 0 Å². The van der Waals surface area contributed by atoms with E-state index in [1.807, 2.05) is 12.1 Å². The number of benzene rings is 2. The SMILES string of the molecule is Fc1ccccc1CN1CCCN(CCc2ccccc2)CC1. The van der Waals surface area contributed by atoms with Gasteiger partial charge in [0.15, 0.2) is 0 Å². The van der Waals surface area contributed by atoms with Crippen LogP contribution in [0.5, 0.6) is 0 Å². The van der Waals surface area contributed by atoms with Crippen molar-refractivity contribution in [2.24, 2.45) is 0 Å². The lowest BCUT2D eigenvalue weighted by Crippen LogP contribution is -2.32. The maximum atomic E-state index is 13.8. The van der Waals surface area contributed by atoms with Gasteiger partial charge < -0.3 is 4.90 Å². The van der Waals surface area contributed by atoms with Gasteiger partial charge >= 0.3 is 0 Å². The summed E-state index contributed by atoms with van der Waals surface area (Å²) in [6.07, 6.45) is 2.26. The summed E-state index contributed by atoms with van der Waals surface area (Å²) >= 11 is 0. The van der Waals surface area contributed by atoms with Crippen LogP contribution in [0.4, 0.5) is 4.39 Å². The van der Waals surface area contributed by atoms with Crippen molar-refractivity contribution in [3.63, 3.8) is 0 Å². The highest BCUT2D eigenvalue weighted by molar-refractivity contribution is 5.17. The third kappa shape index (κ3) is 4.88. The minimum absolute atomic E-state index is 0.0855. The number of hydrogen-bond acceptors (Lipinski definition) is 2. The van der Waals surface area contributed by atoms with Crippen molar-refractivity contribution in [2.45, 2.75) is 19.4 Å².